The zero-order valence-electron chi connectivity index (χ0n) is 8.55. The van der Waals surface area contributed by atoms with Crippen molar-refractivity contribution in [1.82, 2.24) is 0 Å². The Balaban J connectivity index is 1.95. The van der Waals surface area contributed by atoms with Gasteiger partial charge in [0.15, 0.2) is 0 Å². The van der Waals surface area contributed by atoms with Gasteiger partial charge in [0.1, 0.15) is 6.61 Å². The molecule has 1 aromatic heterocycles. The highest BCUT2D eigenvalue weighted by Gasteiger charge is 2.06. The maximum atomic E-state index is 11.6. The molecule has 1 aromatic carbocycles. The number of rotatable bonds is 3. The molecule has 0 saturated carbocycles. The Kier molecular flexibility index (Phi) is 3.22. The first-order valence-corrected chi connectivity index (χ1v) is 5.69. The number of carbonyl (C=O) groups excluding carboxylic acids is 1. The molecule has 0 fully saturated rings. The van der Waals surface area contributed by atoms with Crippen molar-refractivity contribution in [2.75, 3.05) is 5.73 Å². The number of thiophene rings is 1. The van der Waals surface area contributed by atoms with E-state index in [9.17, 15) is 4.79 Å². The number of ether oxygens (including phenoxy) is 1. The number of esters is 1. The van der Waals surface area contributed by atoms with E-state index in [1.165, 1.54) is 0 Å². The Morgan fingerprint density at radius 1 is 1.25 bits per heavy atom. The molecule has 82 valence electrons. The summed E-state index contributed by atoms with van der Waals surface area (Å²) in [7, 11) is 0. The summed E-state index contributed by atoms with van der Waals surface area (Å²) in [5, 5.41) is 1.95. The number of hydrogen-bond acceptors (Lipinski definition) is 4. The summed E-state index contributed by atoms with van der Waals surface area (Å²) < 4.78 is 5.14. The average Bonchev–Trinajstić information content (AvgIpc) is 2.80. The summed E-state index contributed by atoms with van der Waals surface area (Å²) in [5.74, 6) is -0.326. The van der Waals surface area contributed by atoms with E-state index in [0.717, 1.165) is 4.88 Å². The van der Waals surface area contributed by atoms with E-state index in [-0.39, 0.29) is 5.97 Å². The van der Waals surface area contributed by atoms with Crippen LogP contribution >= 0.6 is 11.3 Å². The third kappa shape index (κ3) is 2.61. The molecule has 0 bridgehead atoms. The summed E-state index contributed by atoms with van der Waals surface area (Å²) in [4.78, 5) is 12.6. The van der Waals surface area contributed by atoms with Gasteiger partial charge in [-0.15, -0.1) is 11.3 Å². The normalized spacial score (nSPS) is 10.0. The molecule has 0 aliphatic heterocycles. The van der Waals surface area contributed by atoms with Gasteiger partial charge in [-0.05, 0) is 35.7 Å². The molecule has 16 heavy (non-hydrogen) atoms. The van der Waals surface area contributed by atoms with Crippen molar-refractivity contribution < 1.29 is 9.53 Å². The largest absolute Gasteiger partial charge is 0.456 e. The van der Waals surface area contributed by atoms with Crippen LogP contribution in [-0.4, -0.2) is 5.97 Å². The summed E-state index contributed by atoms with van der Waals surface area (Å²) in [5.41, 5.74) is 6.68. The smallest absolute Gasteiger partial charge is 0.338 e. The summed E-state index contributed by atoms with van der Waals surface area (Å²) in [6, 6.07) is 10.5. The minimum atomic E-state index is -0.326. The monoisotopic (exact) mass is 233 g/mol. The van der Waals surface area contributed by atoms with Gasteiger partial charge in [0, 0.05) is 10.6 Å². The zero-order valence-corrected chi connectivity index (χ0v) is 9.37. The minimum Gasteiger partial charge on any atom is -0.456 e. The molecule has 0 unspecified atom stereocenters. The van der Waals surface area contributed by atoms with Gasteiger partial charge in [-0.25, -0.2) is 4.79 Å². The van der Waals surface area contributed by atoms with E-state index in [0.29, 0.717) is 17.9 Å². The number of anilines is 1. The Hall–Kier alpha value is -1.81. The number of nitrogens with two attached hydrogens (primary N) is 1. The maximum absolute atomic E-state index is 11.6. The van der Waals surface area contributed by atoms with E-state index < -0.39 is 0 Å². The van der Waals surface area contributed by atoms with Crippen LogP contribution in [0, 0.1) is 0 Å². The second kappa shape index (κ2) is 4.81. The van der Waals surface area contributed by atoms with Gasteiger partial charge < -0.3 is 10.5 Å². The summed E-state index contributed by atoms with van der Waals surface area (Å²) in [6.45, 7) is 0.320. The van der Waals surface area contributed by atoms with Gasteiger partial charge in [-0.1, -0.05) is 6.07 Å². The van der Waals surface area contributed by atoms with Crippen molar-refractivity contribution in [2.24, 2.45) is 0 Å². The summed E-state index contributed by atoms with van der Waals surface area (Å²) >= 11 is 1.57. The maximum Gasteiger partial charge on any atom is 0.338 e. The van der Waals surface area contributed by atoms with E-state index in [4.69, 9.17) is 10.5 Å². The van der Waals surface area contributed by atoms with E-state index in [1.807, 2.05) is 17.5 Å². The third-order valence-corrected chi connectivity index (χ3v) is 2.92. The lowest BCUT2D eigenvalue weighted by Gasteiger charge is -2.03. The van der Waals surface area contributed by atoms with Crippen LogP contribution in [0.1, 0.15) is 15.2 Å². The van der Waals surface area contributed by atoms with Crippen LogP contribution in [0.2, 0.25) is 0 Å². The van der Waals surface area contributed by atoms with E-state index in [1.54, 1.807) is 35.6 Å². The first kappa shape index (κ1) is 10.7. The molecule has 0 radical (unpaired) electrons. The van der Waals surface area contributed by atoms with Gasteiger partial charge in [0.25, 0.3) is 0 Å². The van der Waals surface area contributed by atoms with Gasteiger partial charge >= 0.3 is 5.97 Å². The highest BCUT2D eigenvalue weighted by Crippen LogP contribution is 2.12. The number of carbonyl (C=O) groups is 1. The lowest BCUT2D eigenvalue weighted by atomic mass is 10.2. The molecule has 0 atom stereocenters. The fourth-order valence-corrected chi connectivity index (χ4v) is 1.85. The van der Waals surface area contributed by atoms with Gasteiger partial charge in [-0.2, -0.15) is 0 Å². The predicted molar refractivity (Wildman–Crippen MR) is 64.3 cm³/mol. The van der Waals surface area contributed by atoms with Crippen LogP contribution in [-0.2, 0) is 11.3 Å². The Bertz CT molecular complexity index is 462. The lowest BCUT2D eigenvalue weighted by molar-refractivity contribution is 0.0477. The summed E-state index contributed by atoms with van der Waals surface area (Å²) in [6.07, 6.45) is 0. The molecule has 0 saturated heterocycles. The van der Waals surface area contributed by atoms with Crippen LogP contribution in [0.3, 0.4) is 0 Å². The highest BCUT2D eigenvalue weighted by molar-refractivity contribution is 7.09. The second-order valence-corrected chi connectivity index (χ2v) is 4.31. The van der Waals surface area contributed by atoms with Crippen molar-refractivity contribution in [2.45, 2.75) is 6.61 Å². The molecule has 0 aliphatic carbocycles. The van der Waals surface area contributed by atoms with Crippen molar-refractivity contribution in [1.29, 1.82) is 0 Å². The number of nitrogen functional groups attached to an aromatic ring is 1. The number of benzene rings is 1. The standard InChI is InChI=1S/C12H11NO2S/c13-10-5-3-9(4-6-10)12(14)15-8-11-2-1-7-16-11/h1-7H,8,13H2. The van der Waals surface area contributed by atoms with Crippen molar-refractivity contribution in [3.63, 3.8) is 0 Å². The lowest BCUT2D eigenvalue weighted by Crippen LogP contribution is -2.04. The molecule has 0 amide bonds. The van der Waals surface area contributed by atoms with Crippen molar-refractivity contribution in [3.05, 3.63) is 52.2 Å². The zero-order chi connectivity index (χ0) is 11.4. The first-order chi connectivity index (χ1) is 7.75. The molecule has 4 heteroatoms. The Labute approximate surface area is 97.5 Å². The molecule has 0 aliphatic rings. The van der Waals surface area contributed by atoms with Gasteiger partial charge in [-0.3, -0.25) is 0 Å². The minimum absolute atomic E-state index is 0.320. The molecular formula is C12H11NO2S. The molecule has 2 rings (SSSR count). The SMILES string of the molecule is Nc1ccc(C(=O)OCc2cccs2)cc1. The molecular weight excluding hydrogens is 222 g/mol. The highest BCUT2D eigenvalue weighted by atomic mass is 32.1. The Morgan fingerprint density at radius 2 is 2.00 bits per heavy atom. The van der Waals surface area contributed by atoms with Crippen molar-refractivity contribution in [3.8, 4) is 0 Å². The van der Waals surface area contributed by atoms with Crippen LogP contribution in [0.5, 0.6) is 0 Å². The fraction of sp³-hybridized carbons (Fsp3) is 0.0833. The Morgan fingerprint density at radius 3 is 2.62 bits per heavy atom. The van der Waals surface area contributed by atoms with Crippen LogP contribution in [0.25, 0.3) is 0 Å². The predicted octanol–water partition coefficient (Wildman–Crippen LogP) is 2.69. The second-order valence-electron chi connectivity index (χ2n) is 3.28. The van der Waals surface area contributed by atoms with E-state index in [2.05, 4.69) is 0 Å². The van der Waals surface area contributed by atoms with Crippen LogP contribution in [0.15, 0.2) is 41.8 Å². The molecule has 0 spiro atoms. The third-order valence-electron chi connectivity index (χ3n) is 2.07. The molecule has 2 N–H and O–H groups in total. The van der Waals surface area contributed by atoms with Crippen LogP contribution in [0.4, 0.5) is 5.69 Å². The quantitative estimate of drug-likeness (QED) is 0.655. The van der Waals surface area contributed by atoms with Crippen LogP contribution < -0.4 is 5.73 Å². The van der Waals surface area contributed by atoms with Crippen molar-refractivity contribution >= 4 is 23.0 Å². The molecule has 2 aromatic rings. The van der Waals surface area contributed by atoms with E-state index >= 15 is 0 Å². The molecule has 1 heterocycles. The van der Waals surface area contributed by atoms with Gasteiger partial charge in [0.2, 0.25) is 0 Å². The molecule has 3 nitrogen and oxygen atoms in total. The first-order valence-electron chi connectivity index (χ1n) is 4.81. The fourth-order valence-electron chi connectivity index (χ4n) is 1.23. The van der Waals surface area contributed by atoms with Gasteiger partial charge in [0.05, 0.1) is 5.56 Å². The number of hydrogen-bond donors (Lipinski definition) is 1. The average molecular weight is 233 g/mol. The topological polar surface area (TPSA) is 52.3 Å².